The maximum atomic E-state index is 13.1. The van der Waals surface area contributed by atoms with Crippen LogP contribution in [0.3, 0.4) is 0 Å². The Morgan fingerprint density at radius 3 is 1.21 bits per heavy atom. The van der Waals surface area contributed by atoms with Crippen molar-refractivity contribution in [3.05, 3.63) is 131 Å². The molecule has 0 saturated carbocycles. The first kappa shape index (κ1) is 43.0. The quantitative estimate of drug-likeness (QED) is 0.130. The Morgan fingerprint density at radius 1 is 0.544 bits per heavy atom. The summed E-state index contributed by atoms with van der Waals surface area (Å²) >= 11 is 0. The van der Waals surface area contributed by atoms with E-state index in [1.165, 1.54) is 23.4 Å². The van der Waals surface area contributed by atoms with Crippen LogP contribution in [0.1, 0.15) is 43.2 Å². The molecule has 14 nitrogen and oxygen atoms in total. The topological polar surface area (TPSA) is 195 Å². The summed E-state index contributed by atoms with van der Waals surface area (Å²) in [5, 5.41) is 22.3. The first-order valence-corrected chi connectivity index (χ1v) is 17.1. The minimum absolute atomic E-state index is 0. The van der Waals surface area contributed by atoms with Gasteiger partial charge in [-0.2, -0.15) is 0 Å². The molecule has 0 aliphatic carbocycles. The zero-order valence-electron chi connectivity index (χ0n) is 31.2. The normalized spacial score (nSPS) is 10.5. The summed E-state index contributed by atoms with van der Waals surface area (Å²) in [7, 11) is 3.04. The molecular formula is C42H36CuN2O12. The molecule has 57 heavy (non-hydrogen) atoms. The van der Waals surface area contributed by atoms with Crippen molar-refractivity contribution >= 4 is 57.5 Å². The molecule has 0 saturated heterocycles. The zero-order valence-corrected chi connectivity index (χ0v) is 32.1. The Hall–Kier alpha value is -6.70. The molecule has 2 aromatic heterocycles. The van der Waals surface area contributed by atoms with Crippen LogP contribution in [-0.2, 0) is 58.6 Å². The molecule has 2 heterocycles. The molecule has 0 spiro atoms. The number of fused-ring (bicyclic) bond motifs is 2. The molecule has 1 radical (unpaired) electrons. The van der Waals surface area contributed by atoms with Crippen LogP contribution in [0.5, 0.6) is 11.5 Å². The maximum Gasteiger partial charge on any atom is 2.00 e. The van der Waals surface area contributed by atoms with Gasteiger partial charge in [0.2, 0.25) is 0 Å². The number of carboxylic acid groups (broad SMARTS) is 2. The van der Waals surface area contributed by atoms with Crippen LogP contribution in [0.15, 0.2) is 97.1 Å². The van der Waals surface area contributed by atoms with Crippen LogP contribution < -0.4 is 19.7 Å². The van der Waals surface area contributed by atoms with Gasteiger partial charge in [-0.15, -0.1) is 0 Å². The average Bonchev–Trinajstić information content (AvgIpc) is 3.63. The van der Waals surface area contributed by atoms with Gasteiger partial charge in [-0.3, -0.25) is 28.3 Å². The second kappa shape index (κ2) is 19.2. The third-order valence-electron chi connectivity index (χ3n) is 8.88. The second-order valence-electron chi connectivity index (χ2n) is 12.3. The van der Waals surface area contributed by atoms with Crippen molar-refractivity contribution in [1.29, 1.82) is 0 Å². The van der Waals surface area contributed by atoms with E-state index in [2.05, 4.69) is 0 Å². The Bertz CT molecular complexity index is 2280. The smallest absolute Gasteiger partial charge is 0.546 e. The molecule has 297 valence electrons. The van der Waals surface area contributed by atoms with Gasteiger partial charge in [0, 0.05) is 33.3 Å². The molecule has 0 aliphatic rings. The minimum Gasteiger partial charge on any atom is -0.546 e. The number of ether oxygens (including phenoxy) is 4. The average molecular weight is 824 g/mol. The number of hydrogen-bond acceptors (Lipinski definition) is 12. The number of aromatic nitrogens is 2. The van der Waals surface area contributed by atoms with E-state index in [1.807, 2.05) is 12.1 Å². The third kappa shape index (κ3) is 9.95. The van der Waals surface area contributed by atoms with E-state index in [0.29, 0.717) is 66.9 Å². The van der Waals surface area contributed by atoms with Gasteiger partial charge in [0.15, 0.2) is 0 Å². The number of carboxylic acids is 2. The molecule has 4 aromatic carbocycles. The predicted molar refractivity (Wildman–Crippen MR) is 198 cm³/mol. The monoisotopic (exact) mass is 823 g/mol. The first-order valence-electron chi connectivity index (χ1n) is 17.1. The number of carbonyl (C=O) groups excluding carboxylic acids is 6. The van der Waals surface area contributed by atoms with Crippen molar-refractivity contribution in [2.45, 2.75) is 26.7 Å². The van der Waals surface area contributed by atoms with Gasteiger partial charge in [0.25, 0.3) is 11.8 Å². The van der Waals surface area contributed by atoms with E-state index < -0.39 is 37.1 Å². The summed E-state index contributed by atoms with van der Waals surface area (Å²) in [4.78, 5) is 71.3. The van der Waals surface area contributed by atoms with Crippen LogP contribution >= 0.6 is 0 Å². The van der Waals surface area contributed by atoms with Gasteiger partial charge in [-0.05, 0) is 85.6 Å². The Balaban J connectivity index is 0.000000248. The van der Waals surface area contributed by atoms with Gasteiger partial charge in [0.05, 0.1) is 50.0 Å². The molecule has 0 N–H and O–H groups in total. The van der Waals surface area contributed by atoms with E-state index in [0.717, 1.165) is 0 Å². The summed E-state index contributed by atoms with van der Waals surface area (Å²) in [5.74, 6) is -3.72. The Labute approximate surface area is 337 Å². The second-order valence-corrected chi connectivity index (χ2v) is 12.3. The molecule has 0 aliphatic heterocycles. The zero-order chi connectivity index (χ0) is 40.5. The van der Waals surface area contributed by atoms with Gasteiger partial charge in [-0.25, -0.2) is 0 Å². The summed E-state index contributed by atoms with van der Waals surface area (Å²) in [6.45, 7) is 1.83. The van der Waals surface area contributed by atoms with Crippen LogP contribution in [-0.4, -0.2) is 72.3 Å². The number of aliphatic carboxylic acids is 2. The van der Waals surface area contributed by atoms with Gasteiger partial charge < -0.3 is 38.7 Å². The molecule has 0 unspecified atom stereocenters. The Kier molecular flexibility index (Phi) is 14.5. The van der Waals surface area contributed by atoms with Crippen molar-refractivity contribution in [3.63, 3.8) is 0 Å². The Morgan fingerprint density at radius 2 is 0.895 bits per heavy atom. The molecule has 0 amide bonds. The van der Waals surface area contributed by atoms with Crippen molar-refractivity contribution in [2.24, 2.45) is 0 Å². The predicted octanol–water partition coefficient (Wildman–Crippen LogP) is 2.96. The van der Waals surface area contributed by atoms with Crippen molar-refractivity contribution < 1.29 is 75.0 Å². The first-order chi connectivity index (χ1) is 26.8. The largest absolute Gasteiger partial charge is 2.00 e. The number of hydrogen-bond donors (Lipinski definition) is 0. The fourth-order valence-electron chi connectivity index (χ4n) is 6.24. The molecule has 0 bridgehead atoms. The molecule has 6 rings (SSSR count). The van der Waals surface area contributed by atoms with Gasteiger partial charge >= 0.3 is 29.0 Å². The standard InChI is InChI=1S/2C21H19NO6.Cu/c2*1-13-16(11-20(25)28-12-19(23)24)17-10-15(27-2)8-9-18(17)22(13)21(26)14-6-4-3-5-7-14;/h2*3-10H,11-12H2,1-2H3,(H,23,24);/q;;+2/p-2. The fraction of sp³-hybridized carbons (Fsp3) is 0.190. The number of rotatable bonds is 12. The maximum absolute atomic E-state index is 13.1. The molecule has 0 atom stereocenters. The number of methoxy groups -OCH3 is 2. The minimum atomic E-state index is -1.48. The van der Waals surface area contributed by atoms with Crippen LogP contribution in [0, 0.1) is 13.8 Å². The molecular weight excluding hydrogens is 788 g/mol. The van der Waals surface area contributed by atoms with Crippen molar-refractivity contribution in [1.82, 2.24) is 9.13 Å². The van der Waals surface area contributed by atoms with E-state index in [1.54, 1.807) is 98.8 Å². The van der Waals surface area contributed by atoms with E-state index in [9.17, 15) is 39.0 Å². The van der Waals surface area contributed by atoms with Crippen molar-refractivity contribution in [2.75, 3.05) is 27.4 Å². The fourth-order valence-corrected chi connectivity index (χ4v) is 6.24. The van der Waals surface area contributed by atoms with Crippen LogP contribution in [0.25, 0.3) is 21.8 Å². The van der Waals surface area contributed by atoms with Crippen LogP contribution in [0.4, 0.5) is 0 Å². The molecule has 6 aromatic rings. The number of esters is 2. The summed E-state index contributed by atoms with van der Waals surface area (Å²) in [6, 6.07) is 28.0. The van der Waals surface area contributed by atoms with E-state index >= 15 is 0 Å². The van der Waals surface area contributed by atoms with E-state index in [4.69, 9.17) is 18.9 Å². The van der Waals surface area contributed by atoms with Gasteiger partial charge in [0.1, 0.15) is 24.7 Å². The summed E-state index contributed by atoms with van der Waals surface area (Å²) in [6.07, 6.45) is -0.365. The number of benzene rings is 4. The number of carbonyl (C=O) groups is 6. The number of nitrogens with zero attached hydrogens (tertiary/aromatic N) is 2. The summed E-state index contributed by atoms with van der Waals surface area (Å²) in [5.41, 5.74) is 4.53. The van der Waals surface area contributed by atoms with E-state index in [-0.39, 0.29) is 41.7 Å². The SMILES string of the molecule is COc1ccc2c(c1)c(CC(=O)OCC(=O)[O-])c(C)n2C(=O)c1ccccc1.COc1ccc2c(c1)c(CC(=O)OCC(=O)[O-])c(C)n2C(=O)c1ccccc1.[Cu+2]. The molecule has 15 heteroatoms. The third-order valence-corrected chi connectivity index (χ3v) is 8.88. The molecule has 0 fully saturated rings. The summed E-state index contributed by atoms with van der Waals surface area (Å²) < 4.78 is 23.0. The van der Waals surface area contributed by atoms with Gasteiger partial charge in [-0.1, -0.05) is 36.4 Å². The van der Waals surface area contributed by atoms with Crippen LogP contribution in [0.2, 0.25) is 0 Å². The van der Waals surface area contributed by atoms with Crippen molar-refractivity contribution in [3.8, 4) is 11.5 Å².